The Labute approximate surface area is 74.1 Å². The summed E-state index contributed by atoms with van der Waals surface area (Å²) in [6.45, 7) is 8.30. The van der Waals surface area contributed by atoms with E-state index >= 15 is 0 Å². The number of aromatic hydroxyl groups is 1. The molecule has 12 heavy (non-hydrogen) atoms. The molecule has 1 rings (SSSR count). The number of benzene rings is 1. The van der Waals surface area contributed by atoms with Crippen molar-refractivity contribution in [1.29, 1.82) is 0 Å². The summed E-state index contributed by atoms with van der Waals surface area (Å²) in [5.74, 6) is 0.932. The van der Waals surface area contributed by atoms with Gasteiger partial charge in [-0.2, -0.15) is 0 Å². The summed E-state index contributed by atoms with van der Waals surface area (Å²) >= 11 is 0. The minimum absolute atomic E-state index is 0.400. The largest absolute Gasteiger partial charge is 0.508 e. The topological polar surface area (TPSA) is 20.2 Å². The number of phenols is 1. The SMILES string of the molecule is Cc1cc(C(C)C)c(C)cc1O. The molecule has 0 fully saturated rings. The summed E-state index contributed by atoms with van der Waals surface area (Å²) in [4.78, 5) is 0. The van der Waals surface area contributed by atoms with Gasteiger partial charge in [0.1, 0.15) is 5.75 Å². The highest BCUT2D eigenvalue weighted by molar-refractivity contribution is 5.41. The molecule has 1 aromatic rings. The lowest BCUT2D eigenvalue weighted by Gasteiger charge is -2.11. The van der Waals surface area contributed by atoms with Crippen LogP contribution in [0.5, 0.6) is 5.75 Å². The molecule has 0 aliphatic rings. The van der Waals surface area contributed by atoms with Crippen molar-refractivity contribution in [3.63, 3.8) is 0 Å². The van der Waals surface area contributed by atoms with Crippen LogP contribution in [0.1, 0.15) is 36.5 Å². The van der Waals surface area contributed by atoms with Crippen LogP contribution in [0.3, 0.4) is 0 Å². The van der Waals surface area contributed by atoms with Gasteiger partial charge in [-0.3, -0.25) is 0 Å². The number of hydrogen-bond donors (Lipinski definition) is 1. The van der Waals surface area contributed by atoms with E-state index in [2.05, 4.69) is 19.9 Å². The first-order valence-electron chi connectivity index (χ1n) is 4.32. The molecule has 0 saturated carbocycles. The van der Waals surface area contributed by atoms with Gasteiger partial charge in [0.25, 0.3) is 0 Å². The van der Waals surface area contributed by atoms with E-state index in [0.29, 0.717) is 11.7 Å². The van der Waals surface area contributed by atoms with Crippen molar-refractivity contribution in [3.8, 4) is 5.75 Å². The standard InChI is InChI=1S/C11H16O/c1-7(2)10-5-9(4)11(12)6-8(10)3/h5-7,12H,1-4H3. The molecule has 0 aliphatic carbocycles. The van der Waals surface area contributed by atoms with E-state index in [9.17, 15) is 5.11 Å². The summed E-state index contributed by atoms with van der Waals surface area (Å²) in [5, 5.41) is 9.41. The Hall–Kier alpha value is -0.980. The molecule has 0 radical (unpaired) electrons. The Bertz CT molecular complexity index is 287. The normalized spacial score (nSPS) is 10.8. The third-order valence-corrected chi connectivity index (χ3v) is 2.21. The molecule has 1 nitrogen and oxygen atoms in total. The van der Waals surface area contributed by atoms with Crippen LogP contribution in [-0.4, -0.2) is 5.11 Å². The highest BCUT2D eigenvalue weighted by atomic mass is 16.3. The molecule has 1 aromatic carbocycles. The van der Waals surface area contributed by atoms with Crippen LogP contribution in [0.15, 0.2) is 12.1 Å². The van der Waals surface area contributed by atoms with E-state index in [1.807, 2.05) is 19.9 Å². The molecule has 1 N–H and O–H groups in total. The van der Waals surface area contributed by atoms with E-state index in [1.54, 1.807) is 0 Å². The van der Waals surface area contributed by atoms with Crippen molar-refractivity contribution in [2.75, 3.05) is 0 Å². The number of rotatable bonds is 1. The van der Waals surface area contributed by atoms with Crippen molar-refractivity contribution in [2.45, 2.75) is 33.6 Å². The average molecular weight is 164 g/mol. The molecule has 0 saturated heterocycles. The first-order chi connectivity index (χ1) is 5.52. The Morgan fingerprint density at radius 3 is 2.17 bits per heavy atom. The molecule has 0 aromatic heterocycles. The van der Waals surface area contributed by atoms with E-state index < -0.39 is 0 Å². The van der Waals surface area contributed by atoms with E-state index in [4.69, 9.17) is 0 Å². The van der Waals surface area contributed by atoms with E-state index in [-0.39, 0.29) is 0 Å². The van der Waals surface area contributed by atoms with Gasteiger partial charge in [0.2, 0.25) is 0 Å². The second-order valence-electron chi connectivity index (χ2n) is 3.65. The summed E-state index contributed by atoms with van der Waals surface area (Å²) < 4.78 is 0. The maximum Gasteiger partial charge on any atom is 0.118 e. The van der Waals surface area contributed by atoms with Gasteiger partial charge in [-0.05, 0) is 42.5 Å². The predicted octanol–water partition coefficient (Wildman–Crippen LogP) is 3.13. The van der Waals surface area contributed by atoms with Gasteiger partial charge in [-0.25, -0.2) is 0 Å². The predicted molar refractivity (Wildman–Crippen MR) is 51.7 cm³/mol. The van der Waals surface area contributed by atoms with Gasteiger partial charge in [-0.1, -0.05) is 19.9 Å². The van der Waals surface area contributed by atoms with Crippen molar-refractivity contribution in [3.05, 3.63) is 28.8 Å². The van der Waals surface area contributed by atoms with Crippen molar-refractivity contribution >= 4 is 0 Å². The minimum Gasteiger partial charge on any atom is -0.508 e. The highest BCUT2D eigenvalue weighted by Gasteiger charge is 2.05. The zero-order chi connectivity index (χ0) is 9.30. The maximum absolute atomic E-state index is 9.41. The Balaban J connectivity index is 3.23. The Morgan fingerprint density at radius 1 is 1.08 bits per heavy atom. The number of aryl methyl sites for hydroxylation is 2. The van der Waals surface area contributed by atoms with E-state index in [0.717, 1.165) is 5.56 Å². The summed E-state index contributed by atoms with van der Waals surface area (Å²) in [5.41, 5.74) is 3.46. The van der Waals surface area contributed by atoms with Gasteiger partial charge in [-0.15, -0.1) is 0 Å². The zero-order valence-corrected chi connectivity index (χ0v) is 8.18. The molecule has 0 bridgehead atoms. The molecule has 0 aliphatic heterocycles. The Morgan fingerprint density at radius 2 is 1.67 bits per heavy atom. The fourth-order valence-electron chi connectivity index (χ4n) is 1.45. The maximum atomic E-state index is 9.41. The smallest absolute Gasteiger partial charge is 0.118 e. The van der Waals surface area contributed by atoms with Crippen LogP contribution in [0.2, 0.25) is 0 Å². The monoisotopic (exact) mass is 164 g/mol. The van der Waals surface area contributed by atoms with Crippen molar-refractivity contribution in [2.24, 2.45) is 0 Å². The molecule has 0 unspecified atom stereocenters. The van der Waals surface area contributed by atoms with Crippen LogP contribution < -0.4 is 0 Å². The third kappa shape index (κ3) is 1.60. The quantitative estimate of drug-likeness (QED) is 0.676. The number of phenolic OH excluding ortho intramolecular Hbond substituents is 1. The van der Waals surface area contributed by atoms with E-state index in [1.165, 1.54) is 11.1 Å². The second kappa shape index (κ2) is 3.18. The lowest BCUT2D eigenvalue weighted by atomic mass is 9.96. The number of hydrogen-bond acceptors (Lipinski definition) is 1. The summed E-state index contributed by atoms with van der Waals surface area (Å²) in [6, 6.07) is 3.90. The molecule has 0 atom stereocenters. The van der Waals surface area contributed by atoms with Gasteiger partial charge < -0.3 is 5.11 Å². The average Bonchev–Trinajstić information content (AvgIpc) is 1.96. The zero-order valence-electron chi connectivity index (χ0n) is 8.18. The van der Waals surface area contributed by atoms with Gasteiger partial charge in [0.05, 0.1) is 0 Å². The molecule has 0 spiro atoms. The fourth-order valence-corrected chi connectivity index (χ4v) is 1.45. The van der Waals surface area contributed by atoms with Crippen molar-refractivity contribution in [1.82, 2.24) is 0 Å². The molecular formula is C11H16O. The first-order valence-corrected chi connectivity index (χ1v) is 4.32. The molecule has 66 valence electrons. The fraction of sp³-hybridized carbons (Fsp3) is 0.455. The molecular weight excluding hydrogens is 148 g/mol. The van der Waals surface area contributed by atoms with Crippen molar-refractivity contribution < 1.29 is 5.11 Å². The van der Waals surface area contributed by atoms with Crippen LogP contribution in [0, 0.1) is 13.8 Å². The van der Waals surface area contributed by atoms with Crippen LogP contribution in [-0.2, 0) is 0 Å². The lowest BCUT2D eigenvalue weighted by Crippen LogP contribution is -1.92. The van der Waals surface area contributed by atoms with Gasteiger partial charge >= 0.3 is 0 Å². The summed E-state index contributed by atoms with van der Waals surface area (Å²) in [7, 11) is 0. The summed E-state index contributed by atoms with van der Waals surface area (Å²) in [6.07, 6.45) is 0. The Kier molecular flexibility index (Phi) is 2.41. The lowest BCUT2D eigenvalue weighted by molar-refractivity contribution is 0.470. The van der Waals surface area contributed by atoms with Crippen LogP contribution >= 0.6 is 0 Å². The van der Waals surface area contributed by atoms with Crippen LogP contribution in [0.25, 0.3) is 0 Å². The molecule has 0 heterocycles. The van der Waals surface area contributed by atoms with Gasteiger partial charge in [0, 0.05) is 0 Å². The van der Waals surface area contributed by atoms with Crippen LogP contribution in [0.4, 0.5) is 0 Å². The second-order valence-corrected chi connectivity index (χ2v) is 3.65. The first kappa shape index (κ1) is 9.11. The molecule has 0 amide bonds. The van der Waals surface area contributed by atoms with Gasteiger partial charge in [0.15, 0.2) is 0 Å². The molecule has 1 heteroatoms. The third-order valence-electron chi connectivity index (χ3n) is 2.21. The highest BCUT2D eigenvalue weighted by Crippen LogP contribution is 2.26. The minimum atomic E-state index is 0.400.